The number of aromatic nitrogens is 5. The molecule has 5 aromatic rings. The fourth-order valence-corrected chi connectivity index (χ4v) is 9.80. The summed E-state index contributed by atoms with van der Waals surface area (Å²) in [5, 5.41) is 5.50. The summed E-state index contributed by atoms with van der Waals surface area (Å²) < 4.78 is 3.13. The van der Waals surface area contributed by atoms with Crippen molar-refractivity contribution in [2.24, 2.45) is 13.0 Å². The van der Waals surface area contributed by atoms with E-state index < -0.39 is 11.9 Å². The van der Waals surface area contributed by atoms with E-state index in [9.17, 15) is 19.2 Å². The maximum atomic E-state index is 13.2. The van der Waals surface area contributed by atoms with E-state index in [1.54, 1.807) is 17.8 Å². The molecule has 0 bridgehead atoms. The third kappa shape index (κ3) is 5.89. The number of hydrogen-bond acceptors (Lipinski definition) is 9. The van der Waals surface area contributed by atoms with Crippen LogP contribution in [0.1, 0.15) is 60.6 Å². The maximum absolute atomic E-state index is 13.2. The molecule has 0 radical (unpaired) electrons. The van der Waals surface area contributed by atoms with Crippen LogP contribution < -0.4 is 26.1 Å². The van der Waals surface area contributed by atoms with Gasteiger partial charge in [-0.2, -0.15) is 0 Å². The predicted molar refractivity (Wildman–Crippen MR) is 213 cm³/mol. The largest absolute Gasteiger partial charge is 0.371 e. The molecule has 3 N–H and O–H groups in total. The zero-order valence-electron chi connectivity index (χ0n) is 31.6. The Morgan fingerprint density at radius 2 is 1.62 bits per heavy atom. The van der Waals surface area contributed by atoms with Crippen LogP contribution in [0, 0.1) is 5.92 Å². The highest BCUT2D eigenvalue weighted by atomic mass is 16.2. The first-order valence-corrected chi connectivity index (χ1v) is 20.0. The number of piperidine rings is 1. The van der Waals surface area contributed by atoms with E-state index in [1.807, 2.05) is 30.3 Å². The molecule has 4 aliphatic heterocycles. The van der Waals surface area contributed by atoms with Crippen molar-refractivity contribution in [2.75, 3.05) is 62.2 Å². The van der Waals surface area contributed by atoms with E-state index in [4.69, 9.17) is 4.98 Å². The summed E-state index contributed by atoms with van der Waals surface area (Å²) >= 11 is 0. The highest BCUT2D eigenvalue weighted by molar-refractivity contribution is 6.00. The number of imide groups is 1. The minimum Gasteiger partial charge on any atom is -0.371 e. The number of hydrogen-bond donors (Lipinski definition) is 3. The van der Waals surface area contributed by atoms with Crippen molar-refractivity contribution in [1.82, 2.24) is 39.6 Å². The number of imidazole rings is 1. The highest BCUT2D eigenvalue weighted by Gasteiger charge is 2.43. The Kier molecular flexibility index (Phi) is 8.35. The van der Waals surface area contributed by atoms with Gasteiger partial charge in [0.1, 0.15) is 6.04 Å². The maximum Gasteiger partial charge on any atom is 0.329 e. The van der Waals surface area contributed by atoms with Gasteiger partial charge in [-0.3, -0.25) is 33.7 Å². The first kappa shape index (κ1) is 34.7. The van der Waals surface area contributed by atoms with E-state index in [2.05, 4.69) is 59.6 Å². The lowest BCUT2D eigenvalue weighted by atomic mass is 9.78. The monoisotopic (exact) mass is 754 g/mol. The Balaban J connectivity index is 0.741. The first-order valence-electron chi connectivity index (χ1n) is 20.0. The first-order chi connectivity index (χ1) is 27.2. The van der Waals surface area contributed by atoms with Gasteiger partial charge >= 0.3 is 5.69 Å². The molecule has 1 spiro atoms. The van der Waals surface area contributed by atoms with Crippen LogP contribution in [-0.4, -0.2) is 99.1 Å². The summed E-state index contributed by atoms with van der Waals surface area (Å²) in [7, 11) is 1.74. The molecule has 10 rings (SSSR count). The van der Waals surface area contributed by atoms with Gasteiger partial charge in [0, 0.05) is 106 Å². The normalized spacial score (nSPS) is 21.4. The molecule has 288 valence electrons. The van der Waals surface area contributed by atoms with E-state index in [0.717, 1.165) is 98.1 Å². The van der Waals surface area contributed by atoms with Crippen LogP contribution in [0.5, 0.6) is 0 Å². The molecule has 4 fully saturated rings. The van der Waals surface area contributed by atoms with E-state index in [-0.39, 0.29) is 29.3 Å². The smallest absolute Gasteiger partial charge is 0.329 e. The number of rotatable bonds is 7. The van der Waals surface area contributed by atoms with Crippen molar-refractivity contribution in [2.45, 2.75) is 50.0 Å². The quantitative estimate of drug-likeness (QED) is 0.212. The number of carbonyl (C=O) groups is 3. The fraction of sp³-hybridized carbons (Fsp3) is 0.429. The number of amides is 3. The number of carbonyl (C=O) groups excluding carboxylic acids is 3. The minimum absolute atomic E-state index is 0.0101. The van der Waals surface area contributed by atoms with Crippen molar-refractivity contribution in [1.29, 1.82) is 0 Å². The van der Waals surface area contributed by atoms with E-state index in [1.165, 1.54) is 23.1 Å². The summed E-state index contributed by atoms with van der Waals surface area (Å²) in [6, 6.07) is 17.7. The van der Waals surface area contributed by atoms with Crippen LogP contribution >= 0.6 is 0 Å². The number of nitrogens with zero attached hydrogens (tertiary/aromatic N) is 7. The standard InChI is InChI=1S/C42H46N10O4/c1-48-35-20-29(8-9-33(35)52(41(48)56)34-10-11-36(53)47-40(34)55)51-23-26(24-51)22-49-16-18-50(19-17-49)28-6-4-27(5-7-28)38-43-15-12-31(46-38)32-21-30-37(45-32)42(13-2-3-14-42)25-44-39(30)54/h4-9,12,15,20-21,26,34,45H,2-3,10-11,13-14,16-19,22-25H2,1H3,(H,44,54)(H,47,53,55). The molecule has 3 aromatic heterocycles. The van der Waals surface area contributed by atoms with Gasteiger partial charge in [0.2, 0.25) is 11.8 Å². The van der Waals surface area contributed by atoms with Crippen LogP contribution in [0.25, 0.3) is 33.8 Å². The van der Waals surface area contributed by atoms with Gasteiger partial charge in [-0.1, -0.05) is 12.8 Å². The zero-order chi connectivity index (χ0) is 38.1. The second-order valence-corrected chi connectivity index (χ2v) is 16.4. The van der Waals surface area contributed by atoms with Crippen LogP contribution in [0.2, 0.25) is 0 Å². The molecule has 56 heavy (non-hydrogen) atoms. The molecule has 14 nitrogen and oxygen atoms in total. The summed E-state index contributed by atoms with van der Waals surface area (Å²) in [6.45, 7) is 7.61. The van der Waals surface area contributed by atoms with Crippen molar-refractivity contribution < 1.29 is 14.4 Å². The molecule has 3 amide bonds. The molecule has 7 heterocycles. The Labute approximate surface area is 323 Å². The Hall–Kier alpha value is -5.76. The van der Waals surface area contributed by atoms with Gasteiger partial charge < -0.3 is 20.1 Å². The van der Waals surface area contributed by atoms with Gasteiger partial charge in [-0.05, 0) is 73.9 Å². The van der Waals surface area contributed by atoms with Crippen molar-refractivity contribution >= 4 is 40.1 Å². The molecule has 1 atom stereocenters. The Morgan fingerprint density at radius 3 is 2.39 bits per heavy atom. The van der Waals surface area contributed by atoms with Gasteiger partial charge in [0.15, 0.2) is 5.82 Å². The lowest BCUT2D eigenvalue weighted by Gasteiger charge is -2.45. The number of aromatic amines is 1. The summed E-state index contributed by atoms with van der Waals surface area (Å²) in [5.41, 5.74) is 7.95. The number of aryl methyl sites for hydroxylation is 1. The number of piperazine rings is 1. The number of H-pyrrole nitrogens is 1. The summed E-state index contributed by atoms with van der Waals surface area (Å²) in [6.07, 6.45) is 6.90. The molecular formula is C42H46N10O4. The van der Waals surface area contributed by atoms with Crippen LogP contribution in [0.4, 0.5) is 11.4 Å². The number of benzene rings is 2. The van der Waals surface area contributed by atoms with E-state index >= 15 is 0 Å². The van der Waals surface area contributed by atoms with Crippen molar-refractivity contribution in [3.05, 3.63) is 82.5 Å². The molecule has 14 heteroatoms. The molecule has 3 saturated heterocycles. The number of fused-ring (bicyclic) bond motifs is 3. The van der Waals surface area contributed by atoms with Crippen LogP contribution in [0.3, 0.4) is 0 Å². The summed E-state index contributed by atoms with van der Waals surface area (Å²) in [5.74, 6) is 0.512. The fourth-order valence-electron chi connectivity index (χ4n) is 9.80. The second-order valence-electron chi connectivity index (χ2n) is 16.4. The average molecular weight is 755 g/mol. The molecule has 1 unspecified atom stereocenters. The van der Waals surface area contributed by atoms with Gasteiger partial charge in [-0.25, -0.2) is 14.8 Å². The number of nitrogens with one attached hydrogen (secondary N) is 3. The Bertz CT molecular complexity index is 2430. The van der Waals surface area contributed by atoms with Crippen LogP contribution in [-0.2, 0) is 22.1 Å². The van der Waals surface area contributed by atoms with Gasteiger partial charge in [-0.15, -0.1) is 0 Å². The van der Waals surface area contributed by atoms with Crippen LogP contribution in [0.15, 0.2) is 65.6 Å². The highest BCUT2D eigenvalue weighted by Crippen LogP contribution is 2.44. The molecule has 1 aliphatic carbocycles. The zero-order valence-corrected chi connectivity index (χ0v) is 31.6. The lowest BCUT2D eigenvalue weighted by molar-refractivity contribution is -0.135. The topological polar surface area (TPSA) is 153 Å². The van der Waals surface area contributed by atoms with E-state index in [0.29, 0.717) is 30.2 Å². The Morgan fingerprint density at radius 1 is 0.857 bits per heavy atom. The third-order valence-corrected chi connectivity index (χ3v) is 13.0. The SMILES string of the molecule is Cn1c(=O)n(C2CCC(=O)NC2=O)c2ccc(N3CC(CN4CCN(c5ccc(-c6nccc(-c7cc8c([nH]7)C7(CCCC7)CNC8=O)n6)cc5)CC4)C3)cc21. The average Bonchev–Trinajstić information content (AvgIpc) is 3.93. The summed E-state index contributed by atoms with van der Waals surface area (Å²) in [4.78, 5) is 70.7. The second kappa shape index (κ2) is 13.5. The third-order valence-electron chi connectivity index (χ3n) is 13.0. The molecular weight excluding hydrogens is 709 g/mol. The van der Waals surface area contributed by atoms with Crippen molar-refractivity contribution in [3.63, 3.8) is 0 Å². The lowest BCUT2D eigenvalue weighted by Crippen LogP contribution is -2.55. The number of anilines is 2. The van der Waals surface area contributed by atoms with Crippen molar-refractivity contribution in [3.8, 4) is 22.8 Å². The van der Waals surface area contributed by atoms with Gasteiger partial charge in [0.25, 0.3) is 5.91 Å². The molecule has 5 aliphatic rings. The van der Waals surface area contributed by atoms with Gasteiger partial charge in [0.05, 0.1) is 28.0 Å². The molecule has 2 aromatic carbocycles. The minimum atomic E-state index is -0.681. The molecule has 1 saturated carbocycles. The predicted octanol–water partition coefficient (Wildman–Crippen LogP) is 3.58.